The second-order valence-electron chi connectivity index (χ2n) is 3.40. The summed E-state index contributed by atoms with van der Waals surface area (Å²) in [4.78, 5) is 4.36. The Hall–Kier alpha value is -0.220. The van der Waals surface area contributed by atoms with E-state index >= 15 is 0 Å². The monoisotopic (exact) mass is 272 g/mol. The molecule has 0 amide bonds. The van der Waals surface area contributed by atoms with Crippen LogP contribution in [0.2, 0.25) is 0 Å². The van der Waals surface area contributed by atoms with Crippen LogP contribution >= 0.6 is 27.7 Å². The van der Waals surface area contributed by atoms with Gasteiger partial charge in [-0.15, -0.1) is 0 Å². The molecule has 1 unspecified atom stereocenters. The Labute approximate surface area is 97.0 Å². The minimum Gasteiger partial charge on any atom is -0.366 e. The fourth-order valence-corrected chi connectivity index (χ4v) is 2.97. The summed E-state index contributed by atoms with van der Waals surface area (Å²) >= 11 is 5.40. The largest absolute Gasteiger partial charge is 0.366 e. The zero-order valence-corrected chi connectivity index (χ0v) is 10.3. The molecule has 1 N–H and O–H groups in total. The van der Waals surface area contributed by atoms with Crippen molar-refractivity contribution in [1.29, 1.82) is 0 Å². The molecule has 0 bridgehead atoms. The van der Waals surface area contributed by atoms with Crippen molar-refractivity contribution in [3.05, 3.63) is 22.8 Å². The maximum absolute atomic E-state index is 4.36. The third kappa shape index (κ3) is 2.89. The van der Waals surface area contributed by atoms with E-state index in [1.54, 1.807) is 0 Å². The Bertz CT molecular complexity index is 300. The molecule has 2 heterocycles. The predicted octanol–water partition coefficient (Wildman–Crippen LogP) is 3.15. The van der Waals surface area contributed by atoms with Gasteiger partial charge in [-0.2, -0.15) is 11.8 Å². The van der Waals surface area contributed by atoms with Crippen LogP contribution in [0.5, 0.6) is 0 Å². The molecule has 2 rings (SSSR count). The number of thioether (sulfide) groups is 1. The summed E-state index contributed by atoms with van der Waals surface area (Å²) in [6.07, 6.45) is 2.58. The molecule has 1 fully saturated rings. The van der Waals surface area contributed by atoms with Crippen molar-refractivity contribution < 1.29 is 0 Å². The van der Waals surface area contributed by atoms with Gasteiger partial charge in [-0.05, 0) is 46.7 Å². The van der Waals surface area contributed by atoms with Crippen LogP contribution in [0.15, 0.2) is 22.8 Å². The Kier molecular flexibility index (Phi) is 3.70. The van der Waals surface area contributed by atoms with Crippen LogP contribution in [0.25, 0.3) is 0 Å². The van der Waals surface area contributed by atoms with Gasteiger partial charge in [-0.25, -0.2) is 4.98 Å². The van der Waals surface area contributed by atoms with Crippen LogP contribution in [-0.2, 0) is 0 Å². The van der Waals surface area contributed by atoms with Crippen LogP contribution in [-0.4, -0.2) is 22.5 Å². The lowest BCUT2D eigenvalue weighted by molar-refractivity contribution is 0.682. The van der Waals surface area contributed by atoms with Gasteiger partial charge in [0.25, 0.3) is 0 Å². The van der Waals surface area contributed by atoms with Crippen molar-refractivity contribution in [1.82, 2.24) is 4.98 Å². The Morgan fingerprint density at radius 1 is 1.50 bits per heavy atom. The Balaban J connectivity index is 1.95. The number of hydrogen-bond acceptors (Lipinski definition) is 3. The molecule has 1 saturated heterocycles. The number of hydrogen-bond donors (Lipinski definition) is 1. The maximum atomic E-state index is 4.36. The van der Waals surface area contributed by atoms with E-state index < -0.39 is 0 Å². The zero-order chi connectivity index (χ0) is 9.80. The van der Waals surface area contributed by atoms with Gasteiger partial charge in [0.1, 0.15) is 10.4 Å². The lowest BCUT2D eigenvalue weighted by Crippen LogP contribution is -2.26. The molecule has 0 aromatic carbocycles. The fourth-order valence-electron chi connectivity index (χ4n) is 1.55. The van der Waals surface area contributed by atoms with Crippen molar-refractivity contribution in [2.75, 3.05) is 16.8 Å². The van der Waals surface area contributed by atoms with E-state index in [4.69, 9.17) is 0 Å². The lowest BCUT2D eigenvalue weighted by atomic mass is 10.2. The van der Waals surface area contributed by atoms with Crippen LogP contribution in [0, 0.1) is 0 Å². The number of nitrogens with zero attached hydrogens (tertiary/aromatic N) is 1. The summed E-state index contributed by atoms with van der Waals surface area (Å²) < 4.78 is 0.894. The van der Waals surface area contributed by atoms with Gasteiger partial charge in [-0.3, -0.25) is 0 Å². The Morgan fingerprint density at radius 3 is 3.14 bits per heavy atom. The quantitative estimate of drug-likeness (QED) is 0.838. The first-order chi connectivity index (χ1) is 6.84. The van der Waals surface area contributed by atoms with Crippen LogP contribution in [0.4, 0.5) is 5.82 Å². The predicted molar refractivity (Wildman–Crippen MR) is 65.9 cm³/mol. The van der Waals surface area contributed by atoms with Gasteiger partial charge in [0.05, 0.1) is 0 Å². The van der Waals surface area contributed by atoms with Gasteiger partial charge >= 0.3 is 0 Å². The average molecular weight is 273 g/mol. The standard InChI is InChI=1S/C10H13BrN2S/c11-9-4-1-5-10(13-9)12-8-3-2-6-14-7-8/h1,4-5,8H,2-3,6-7H2,(H,12,13). The second kappa shape index (κ2) is 5.03. The first-order valence-electron chi connectivity index (χ1n) is 4.81. The van der Waals surface area contributed by atoms with Crippen molar-refractivity contribution in [2.45, 2.75) is 18.9 Å². The molecular weight excluding hydrogens is 260 g/mol. The van der Waals surface area contributed by atoms with E-state index in [1.165, 1.54) is 24.3 Å². The molecule has 1 aromatic heterocycles. The summed E-state index contributed by atoms with van der Waals surface area (Å²) in [7, 11) is 0. The molecule has 1 aromatic rings. The van der Waals surface area contributed by atoms with Crippen molar-refractivity contribution in [2.24, 2.45) is 0 Å². The van der Waals surface area contributed by atoms with Gasteiger partial charge in [-0.1, -0.05) is 6.07 Å². The number of halogens is 1. The van der Waals surface area contributed by atoms with Gasteiger partial charge in [0.15, 0.2) is 0 Å². The van der Waals surface area contributed by atoms with Gasteiger partial charge < -0.3 is 5.32 Å². The number of aromatic nitrogens is 1. The number of pyridine rings is 1. The molecule has 76 valence electrons. The highest BCUT2D eigenvalue weighted by atomic mass is 79.9. The number of rotatable bonds is 2. The summed E-state index contributed by atoms with van der Waals surface area (Å²) in [5, 5.41) is 3.46. The lowest BCUT2D eigenvalue weighted by Gasteiger charge is -2.22. The van der Waals surface area contributed by atoms with Crippen molar-refractivity contribution in [3.8, 4) is 0 Å². The van der Waals surface area contributed by atoms with E-state index in [2.05, 4.69) is 26.2 Å². The molecular formula is C10H13BrN2S. The highest BCUT2D eigenvalue weighted by Gasteiger charge is 2.13. The third-order valence-corrected chi connectivity index (χ3v) is 3.88. The Morgan fingerprint density at radius 2 is 2.43 bits per heavy atom. The summed E-state index contributed by atoms with van der Waals surface area (Å²) in [6.45, 7) is 0. The molecule has 0 saturated carbocycles. The summed E-state index contributed by atoms with van der Waals surface area (Å²) in [6, 6.07) is 6.57. The van der Waals surface area contributed by atoms with E-state index in [1.807, 2.05) is 30.0 Å². The SMILES string of the molecule is Brc1cccc(NC2CCCSC2)n1. The molecule has 2 nitrogen and oxygen atoms in total. The fraction of sp³-hybridized carbons (Fsp3) is 0.500. The van der Waals surface area contributed by atoms with Gasteiger partial charge in [0, 0.05) is 11.8 Å². The molecule has 1 atom stereocenters. The highest BCUT2D eigenvalue weighted by molar-refractivity contribution is 9.10. The molecule has 0 spiro atoms. The maximum Gasteiger partial charge on any atom is 0.127 e. The smallest absolute Gasteiger partial charge is 0.127 e. The topological polar surface area (TPSA) is 24.9 Å². The van der Waals surface area contributed by atoms with Crippen LogP contribution in [0.1, 0.15) is 12.8 Å². The minimum absolute atomic E-state index is 0.593. The van der Waals surface area contributed by atoms with Crippen LogP contribution < -0.4 is 5.32 Å². The molecule has 1 aliphatic heterocycles. The normalized spacial score (nSPS) is 21.9. The van der Waals surface area contributed by atoms with Gasteiger partial charge in [0.2, 0.25) is 0 Å². The highest BCUT2D eigenvalue weighted by Crippen LogP contribution is 2.20. The number of nitrogens with one attached hydrogen (secondary N) is 1. The molecule has 14 heavy (non-hydrogen) atoms. The third-order valence-electron chi connectivity index (χ3n) is 2.23. The first kappa shape index (κ1) is 10.3. The van der Waals surface area contributed by atoms with Crippen molar-refractivity contribution in [3.63, 3.8) is 0 Å². The second-order valence-corrected chi connectivity index (χ2v) is 5.37. The summed E-state index contributed by atoms with van der Waals surface area (Å²) in [5.74, 6) is 3.49. The molecule has 1 aliphatic rings. The first-order valence-corrected chi connectivity index (χ1v) is 6.76. The van der Waals surface area contributed by atoms with E-state index in [-0.39, 0.29) is 0 Å². The van der Waals surface area contributed by atoms with E-state index in [9.17, 15) is 0 Å². The zero-order valence-electron chi connectivity index (χ0n) is 7.87. The van der Waals surface area contributed by atoms with Crippen LogP contribution in [0.3, 0.4) is 0 Å². The number of anilines is 1. The average Bonchev–Trinajstić information content (AvgIpc) is 2.19. The van der Waals surface area contributed by atoms with Crippen molar-refractivity contribution >= 4 is 33.5 Å². The molecule has 4 heteroatoms. The van der Waals surface area contributed by atoms with E-state index in [0.717, 1.165) is 10.4 Å². The molecule has 0 aliphatic carbocycles. The van der Waals surface area contributed by atoms with E-state index in [0.29, 0.717) is 6.04 Å². The molecule has 0 radical (unpaired) electrons. The minimum atomic E-state index is 0.593. The summed E-state index contributed by atoms with van der Waals surface area (Å²) in [5.41, 5.74) is 0.